The first-order valence-electron chi connectivity index (χ1n) is 6.77. The number of esters is 2. The highest BCUT2D eigenvalue weighted by Crippen LogP contribution is 2.21. The van der Waals surface area contributed by atoms with E-state index < -0.39 is 0 Å². The number of rotatable bonds is 7. The maximum absolute atomic E-state index is 11.2. The maximum atomic E-state index is 11.2. The van der Waals surface area contributed by atoms with Crippen molar-refractivity contribution in [2.75, 3.05) is 27.3 Å². The van der Waals surface area contributed by atoms with Crippen LogP contribution in [0.1, 0.15) is 38.5 Å². The minimum Gasteiger partial charge on any atom is -0.469 e. The molecule has 0 radical (unpaired) electrons. The Morgan fingerprint density at radius 1 is 1.21 bits per heavy atom. The number of hydrogen-bond donors (Lipinski definition) is 0. The summed E-state index contributed by atoms with van der Waals surface area (Å²) in [7, 11) is 2.81. The highest BCUT2D eigenvalue weighted by atomic mass is 16.5. The van der Waals surface area contributed by atoms with E-state index >= 15 is 0 Å². The molecule has 0 atom stereocenters. The molecule has 1 rings (SSSR count). The zero-order chi connectivity index (χ0) is 14.1. The average molecular weight is 269 g/mol. The number of methoxy groups -OCH3 is 2. The molecule has 108 valence electrons. The number of allylic oxidation sites excluding steroid dienone is 1. The van der Waals surface area contributed by atoms with Crippen molar-refractivity contribution < 1.29 is 19.1 Å². The van der Waals surface area contributed by atoms with Gasteiger partial charge in [-0.2, -0.15) is 0 Å². The van der Waals surface area contributed by atoms with Crippen molar-refractivity contribution >= 4 is 11.9 Å². The molecule has 0 saturated carbocycles. The zero-order valence-corrected chi connectivity index (χ0v) is 11.8. The number of hydrogen-bond acceptors (Lipinski definition) is 5. The summed E-state index contributed by atoms with van der Waals surface area (Å²) in [6, 6.07) is 0. The number of unbranched alkanes of at least 4 members (excludes halogenated alkanes) is 2. The first kappa shape index (κ1) is 15.5. The van der Waals surface area contributed by atoms with E-state index in [2.05, 4.69) is 14.4 Å². The fraction of sp³-hybridized carbons (Fsp3) is 0.714. The van der Waals surface area contributed by atoms with Crippen LogP contribution in [0.25, 0.3) is 0 Å². The van der Waals surface area contributed by atoms with Crippen molar-refractivity contribution in [1.82, 2.24) is 4.90 Å². The topological polar surface area (TPSA) is 55.8 Å². The molecule has 0 aliphatic carbocycles. The molecule has 5 heteroatoms. The normalized spacial score (nSPS) is 16.7. The van der Waals surface area contributed by atoms with Gasteiger partial charge in [0, 0.05) is 31.3 Å². The average Bonchev–Trinajstić information content (AvgIpc) is 2.85. The van der Waals surface area contributed by atoms with Crippen LogP contribution < -0.4 is 0 Å². The van der Waals surface area contributed by atoms with Gasteiger partial charge in [0.2, 0.25) is 0 Å². The van der Waals surface area contributed by atoms with Gasteiger partial charge in [-0.15, -0.1) is 0 Å². The lowest BCUT2D eigenvalue weighted by atomic mass is 10.2. The summed E-state index contributed by atoms with van der Waals surface area (Å²) in [6.07, 6.45) is 6.98. The van der Waals surface area contributed by atoms with Crippen molar-refractivity contribution in [3.63, 3.8) is 0 Å². The van der Waals surface area contributed by atoms with E-state index in [4.69, 9.17) is 0 Å². The third kappa shape index (κ3) is 5.77. The molecule has 1 saturated heterocycles. The van der Waals surface area contributed by atoms with Crippen LogP contribution >= 0.6 is 0 Å². The van der Waals surface area contributed by atoms with E-state index in [0.29, 0.717) is 6.42 Å². The van der Waals surface area contributed by atoms with Gasteiger partial charge in [0.15, 0.2) is 0 Å². The summed E-state index contributed by atoms with van der Waals surface area (Å²) in [6.45, 7) is 1.93. The van der Waals surface area contributed by atoms with E-state index in [1.165, 1.54) is 14.2 Å². The summed E-state index contributed by atoms with van der Waals surface area (Å²) in [5.41, 5.74) is 1.07. The first-order chi connectivity index (χ1) is 9.17. The smallest absolute Gasteiger partial charge is 0.332 e. The highest BCUT2D eigenvalue weighted by Gasteiger charge is 2.17. The molecule has 0 aromatic rings. The summed E-state index contributed by atoms with van der Waals surface area (Å²) in [5.74, 6) is -0.431. The number of ether oxygens (including phenoxy) is 2. The van der Waals surface area contributed by atoms with E-state index in [1.54, 1.807) is 6.08 Å². The Balaban J connectivity index is 2.23. The van der Waals surface area contributed by atoms with Crippen LogP contribution in [-0.2, 0) is 19.1 Å². The van der Waals surface area contributed by atoms with Crippen LogP contribution in [0.2, 0.25) is 0 Å². The fourth-order valence-corrected chi connectivity index (χ4v) is 2.22. The van der Waals surface area contributed by atoms with Crippen molar-refractivity contribution in [2.45, 2.75) is 38.5 Å². The van der Waals surface area contributed by atoms with Crippen LogP contribution in [0, 0.1) is 0 Å². The maximum Gasteiger partial charge on any atom is 0.332 e. The molecule has 5 nitrogen and oxygen atoms in total. The third-order valence-corrected chi connectivity index (χ3v) is 3.29. The second kappa shape index (κ2) is 8.56. The van der Waals surface area contributed by atoms with Gasteiger partial charge >= 0.3 is 11.9 Å². The van der Waals surface area contributed by atoms with Gasteiger partial charge in [0.1, 0.15) is 0 Å². The number of carbonyl (C=O) groups is 2. The molecule has 0 N–H and O–H groups in total. The van der Waals surface area contributed by atoms with Gasteiger partial charge in [-0.05, 0) is 25.7 Å². The van der Waals surface area contributed by atoms with E-state index in [-0.39, 0.29) is 11.9 Å². The van der Waals surface area contributed by atoms with Gasteiger partial charge in [-0.1, -0.05) is 6.42 Å². The van der Waals surface area contributed by atoms with Crippen molar-refractivity contribution in [3.8, 4) is 0 Å². The Morgan fingerprint density at radius 2 is 2.00 bits per heavy atom. The Hall–Kier alpha value is -1.52. The quantitative estimate of drug-likeness (QED) is 0.401. The second-order valence-corrected chi connectivity index (χ2v) is 4.64. The largest absolute Gasteiger partial charge is 0.469 e. The van der Waals surface area contributed by atoms with Crippen LogP contribution in [-0.4, -0.2) is 44.1 Å². The lowest BCUT2D eigenvalue weighted by Gasteiger charge is -2.19. The summed E-state index contributed by atoms with van der Waals surface area (Å²) >= 11 is 0. The molecule has 0 bridgehead atoms. The molecule has 1 heterocycles. The molecular formula is C14H23NO4. The van der Waals surface area contributed by atoms with Gasteiger partial charge in [0.05, 0.1) is 14.2 Å². The standard InChI is InChI=1S/C14H23NO4/c1-18-13(16)8-4-3-5-9-15-10-6-7-12(15)11-14(17)19-2/h11H,3-10H2,1-2H3/b12-11+. The molecule has 1 aliphatic heterocycles. The summed E-state index contributed by atoms with van der Waals surface area (Å²) in [5, 5.41) is 0. The van der Waals surface area contributed by atoms with Crippen LogP contribution in [0.4, 0.5) is 0 Å². The van der Waals surface area contributed by atoms with Crippen LogP contribution in [0.3, 0.4) is 0 Å². The fourth-order valence-electron chi connectivity index (χ4n) is 2.22. The van der Waals surface area contributed by atoms with Gasteiger partial charge in [0.25, 0.3) is 0 Å². The van der Waals surface area contributed by atoms with Crippen LogP contribution in [0.15, 0.2) is 11.8 Å². The molecule has 1 fully saturated rings. The molecular weight excluding hydrogens is 246 g/mol. The van der Waals surface area contributed by atoms with E-state index in [0.717, 1.165) is 50.9 Å². The minimum atomic E-state index is -0.285. The minimum absolute atomic E-state index is 0.146. The molecule has 0 spiro atoms. The molecule has 0 unspecified atom stereocenters. The third-order valence-electron chi connectivity index (χ3n) is 3.29. The summed E-state index contributed by atoms with van der Waals surface area (Å²) < 4.78 is 9.24. The zero-order valence-electron chi connectivity index (χ0n) is 11.8. The van der Waals surface area contributed by atoms with Gasteiger partial charge in [-0.25, -0.2) is 4.79 Å². The monoisotopic (exact) mass is 269 g/mol. The Morgan fingerprint density at radius 3 is 2.68 bits per heavy atom. The molecule has 0 amide bonds. The van der Waals surface area contributed by atoms with Gasteiger partial charge < -0.3 is 14.4 Å². The Bertz CT molecular complexity index is 338. The van der Waals surface area contributed by atoms with Crippen molar-refractivity contribution in [1.29, 1.82) is 0 Å². The molecule has 0 aromatic heterocycles. The highest BCUT2D eigenvalue weighted by molar-refractivity contribution is 5.82. The SMILES string of the molecule is COC(=O)/C=C1\CCCN1CCCCCC(=O)OC. The molecule has 19 heavy (non-hydrogen) atoms. The second-order valence-electron chi connectivity index (χ2n) is 4.64. The number of carbonyl (C=O) groups excluding carboxylic acids is 2. The Kier molecular flexibility index (Phi) is 7.00. The lowest BCUT2D eigenvalue weighted by Crippen LogP contribution is -2.20. The van der Waals surface area contributed by atoms with E-state index in [9.17, 15) is 9.59 Å². The number of nitrogens with zero attached hydrogens (tertiary/aromatic N) is 1. The van der Waals surface area contributed by atoms with Gasteiger partial charge in [-0.3, -0.25) is 4.79 Å². The first-order valence-corrected chi connectivity index (χ1v) is 6.77. The Labute approximate surface area is 114 Å². The molecule has 1 aliphatic rings. The van der Waals surface area contributed by atoms with Crippen molar-refractivity contribution in [3.05, 3.63) is 11.8 Å². The lowest BCUT2D eigenvalue weighted by molar-refractivity contribution is -0.140. The van der Waals surface area contributed by atoms with Crippen LogP contribution in [0.5, 0.6) is 0 Å². The van der Waals surface area contributed by atoms with Crippen molar-refractivity contribution in [2.24, 2.45) is 0 Å². The van der Waals surface area contributed by atoms with E-state index in [1.807, 2.05) is 0 Å². The molecule has 0 aromatic carbocycles. The number of likely N-dealkylation sites (tertiary alicyclic amines) is 1. The predicted molar refractivity (Wildman–Crippen MR) is 71.4 cm³/mol. The summed E-state index contributed by atoms with van der Waals surface area (Å²) in [4.78, 5) is 24.4. The predicted octanol–water partition coefficient (Wildman–Crippen LogP) is 1.87.